The van der Waals surface area contributed by atoms with Crippen LogP contribution >= 0.6 is 0 Å². The van der Waals surface area contributed by atoms with Crippen molar-refractivity contribution in [2.45, 2.75) is 50.2 Å². The van der Waals surface area contributed by atoms with Crippen LogP contribution in [0.5, 0.6) is 0 Å². The third-order valence-corrected chi connectivity index (χ3v) is 3.56. The second kappa shape index (κ2) is 4.10. The maximum atomic E-state index is 10.7. The lowest BCUT2D eigenvalue weighted by Gasteiger charge is -2.34. The van der Waals surface area contributed by atoms with Gasteiger partial charge in [0.1, 0.15) is 0 Å². The lowest BCUT2D eigenvalue weighted by molar-refractivity contribution is -0.144. The highest BCUT2D eigenvalue weighted by atomic mass is 16.4. The molecule has 15 heavy (non-hydrogen) atoms. The normalized spacial score (nSPS) is 36.5. The summed E-state index contributed by atoms with van der Waals surface area (Å²) in [4.78, 5) is 10.7. The number of carboxylic acids is 1. The summed E-state index contributed by atoms with van der Waals surface area (Å²) in [6, 6.07) is 0.603. The van der Waals surface area contributed by atoms with Gasteiger partial charge in [0.25, 0.3) is 0 Å². The first-order valence-electron chi connectivity index (χ1n) is 5.78. The van der Waals surface area contributed by atoms with Crippen LogP contribution in [-0.2, 0) is 4.79 Å². The standard InChI is InChI=1S/C11H19NO3/c13-10(14)8-3-5-11(15,6-4-8)7-12-9-1-2-9/h8-9,12,15H,1-7H2,(H,13,14). The fourth-order valence-electron chi connectivity index (χ4n) is 2.20. The maximum Gasteiger partial charge on any atom is 0.306 e. The van der Waals surface area contributed by atoms with Crippen LogP contribution in [0, 0.1) is 5.92 Å². The zero-order chi connectivity index (χ0) is 10.9. The van der Waals surface area contributed by atoms with Gasteiger partial charge in [-0.05, 0) is 38.5 Å². The minimum Gasteiger partial charge on any atom is -0.481 e. The van der Waals surface area contributed by atoms with Crippen molar-refractivity contribution in [1.29, 1.82) is 0 Å². The Balaban J connectivity index is 1.76. The lowest BCUT2D eigenvalue weighted by atomic mass is 9.79. The van der Waals surface area contributed by atoms with Crippen LogP contribution < -0.4 is 5.32 Å². The zero-order valence-electron chi connectivity index (χ0n) is 8.91. The van der Waals surface area contributed by atoms with Crippen LogP contribution in [0.25, 0.3) is 0 Å². The molecule has 0 radical (unpaired) electrons. The smallest absolute Gasteiger partial charge is 0.306 e. The molecule has 0 heterocycles. The second-order valence-corrected chi connectivity index (χ2v) is 4.99. The number of carbonyl (C=O) groups is 1. The van der Waals surface area contributed by atoms with Crippen LogP contribution in [-0.4, -0.2) is 34.4 Å². The topological polar surface area (TPSA) is 69.6 Å². The van der Waals surface area contributed by atoms with Crippen molar-refractivity contribution in [3.63, 3.8) is 0 Å². The Kier molecular flexibility index (Phi) is 2.98. The van der Waals surface area contributed by atoms with Crippen LogP contribution in [0.1, 0.15) is 38.5 Å². The molecule has 86 valence electrons. The van der Waals surface area contributed by atoms with E-state index >= 15 is 0 Å². The third kappa shape index (κ3) is 2.92. The summed E-state index contributed by atoms with van der Waals surface area (Å²) in [7, 11) is 0. The predicted molar refractivity (Wildman–Crippen MR) is 55.6 cm³/mol. The van der Waals surface area contributed by atoms with Gasteiger partial charge in [0, 0.05) is 12.6 Å². The van der Waals surface area contributed by atoms with Gasteiger partial charge in [0.2, 0.25) is 0 Å². The molecule has 4 heteroatoms. The molecule has 0 aromatic carbocycles. The van der Waals surface area contributed by atoms with Crippen molar-refractivity contribution in [3.8, 4) is 0 Å². The van der Waals surface area contributed by atoms with Gasteiger partial charge in [0.05, 0.1) is 11.5 Å². The number of hydrogen-bond donors (Lipinski definition) is 3. The second-order valence-electron chi connectivity index (χ2n) is 4.99. The molecule has 2 aliphatic rings. The molecule has 3 N–H and O–H groups in total. The number of hydrogen-bond acceptors (Lipinski definition) is 3. The highest BCUT2D eigenvalue weighted by Crippen LogP contribution is 2.32. The molecule has 0 amide bonds. The highest BCUT2D eigenvalue weighted by Gasteiger charge is 2.36. The predicted octanol–water partition coefficient (Wildman–Crippen LogP) is 0.744. The molecule has 0 bridgehead atoms. The molecule has 0 saturated heterocycles. The SMILES string of the molecule is O=C(O)C1CCC(O)(CNC2CC2)CC1. The summed E-state index contributed by atoms with van der Waals surface area (Å²) in [6.07, 6.45) is 4.88. The van der Waals surface area contributed by atoms with Crippen molar-refractivity contribution in [1.82, 2.24) is 5.32 Å². The summed E-state index contributed by atoms with van der Waals surface area (Å²) < 4.78 is 0. The van der Waals surface area contributed by atoms with Crippen LogP contribution in [0.2, 0.25) is 0 Å². The summed E-state index contributed by atoms with van der Waals surface area (Å²) in [5.74, 6) is -0.960. The van der Waals surface area contributed by atoms with E-state index in [2.05, 4.69) is 5.32 Å². The average Bonchev–Trinajstić information content (AvgIpc) is 2.99. The Morgan fingerprint density at radius 1 is 1.27 bits per heavy atom. The number of carboxylic acid groups (broad SMARTS) is 1. The van der Waals surface area contributed by atoms with E-state index < -0.39 is 11.6 Å². The Labute approximate surface area is 89.7 Å². The summed E-state index contributed by atoms with van der Waals surface area (Å²) >= 11 is 0. The molecule has 0 aliphatic heterocycles. The molecule has 2 rings (SSSR count). The average molecular weight is 213 g/mol. The van der Waals surface area contributed by atoms with Crippen LogP contribution in [0.15, 0.2) is 0 Å². The van der Waals surface area contributed by atoms with Crippen molar-refractivity contribution in [2.24, 2.45) is 5.92 Å². The molecule has 0 unspecified atom stereocenters. The molecule has 0 spiro atoms. The van der Waals surface area contributed by atoms with E-state index in [1.54, 1.807) is 0 Å². The van der Waals surface area contributed by atoms with Crippen molar-refractivity contribution < 1.29 is 15.0 Å². The van der Waals surface area contributed by atoms with Gasteiger partial charge in [0.15, 0.2) is 0 Å². The Bertz CT molecular complexity index is 242. The van der Waals surface area contributed by atoms with Gasteiger partial charge < -0.3 is 15.5 Å². The Morgan fingerprint density at radius 2 is 1.87 bits per heavy atom. The zero-order valence-corrected chi connectivity index (χ0v) is 8.91. The van der Waals surface area contributed by atoms with Gasteiger partial charge >= 0.3 is 5.97 Å². The Morgan fingerprint density at radius 3 is 2.33 bits per heavy atom. The Hall–Kier alpha value is -0.610. The number of aliphatic hydroxyl groups is 1. The third-order valence-electron chi connectivity index (χ3n) is 3.56. The van der Waals surface area contributed by atoms with E-state index in [4.69, 9.17) is 5.11 Å². The summed E-state index contributed by atoms with van der Waals surface area (Å²) in [5, 5.41) is 22.3. The van der Waals surface area contributed by atoms with Gasteiger partial charge in [-0.15, -0.1) is 0 Å². The van der Waals surface area contributed by atoms with Crippen LogP contribution in [0.3, 0.4) is 0 Å². The fraction of sp³-hybridized carbons (Fsp3) is 0.909. The first kappa shape index (κ1) is 10.9. The molecule has 0 atom stereocenters. The molecule has 0 aromatic rings. The molecule has 4 nitrogen and oxygen atoms in total. The van der Waals surface area contributed by atoms with Crippen LogP contribution in [0.4, 0.5) is 0 Å². The van der Waals surface area contributed by atoms with E-state index in [9.17, 15) is 9.90 Å². The molecule has 2 saturated carbocycles. The summed E-state index contributed by atoms with van der Waals surface area (Å²) in [5.41, 5.74) is -0.658. The van der Waals surface area contributed by atoms with Crippen molar-refractivity contribution in [3.05, 3.63) is 0 Å². The van der Waals surface area contributed by atoms with Gasteiger partial charge in [-0.2, -0.15) is 0 Å². The minimum atomic E-state index is -0.716. The summed E-state index contributed by atoms with van der Waals surface area (Å²) in [6.45, 7) is 0.629. The highest BCUT2D eigenvalue weighted by molar-refractivity contribution is 5.70. The van der Waals surface area contributed by atoms with Gasteiger partial charge in [-0.25, -0.2) is 0 Å². The molecule has 2 aliphatic carbocycles. The number of rotatable bonds is 4. The monoisotopic (exact) mass is 213 g/mol. The number of aliphatic carboxylic acids is 1. The van der Waals surface area contributed by atoms with Crippen molar-refractivity contribution >= 4 is 5.97 Å². The maximum absolute atomic E-state index is 10.7. The quantitative estimate of drug-likeness (QED) is 0.644. The lowest BCUT2D eigenvalue weighted by Crippen LogP contribution is -2.45. The molecule has 2 fully saturated rings. The van der Waals surface area contributed by atoms with Crippen molar-refractivity contribution in [2.75, 3.05) is 6.54 Å². The van der Waals surface area contributed by atoms with E-state index in [0.717, 1.165) is 0 Å². The van der Waals surface area contributed by atoms with Gasteiger partial charge in [-0.1, -0.05) is 0 Å². The van der Waals surface area contributed by atoms with E-state index in [0.29, 0.717) is 38.3 Å². The minimum absolute atomic E-state index is 0.244. The number of nitrogens with one attached hydrogen (secondary N) is 1. The van der Waals surface area contributed by atoms with Gasteiger partial charge in [-0.3, -0.25) is 4.79 Å². The van der Waals surface area contributed by atoms with E-state index in [1.807, 2.05) is 0 Å². The van der Waals surface area contributed by atoms with E-state index in [1.165, 1.54) is 12.8 Å². The first-order chi connectivity index (χ1) is 7.09. The van der Waals surface area contributed by atoms with E-state index in [-0.39, 0.29) is 5.92 Å². The first-order valence-corrected chi connectivity index (χ1v) is 5.78. The molecular formula is C11H19NO3. The molecule has 0 aromatic heterocycles. The fourth-order valence-corrected chi connectivity index (χ4v) is 2.20. The largest absolute Gasteiger partial charge is 0.481 e. The molecular weight excluding hydrogens is 194 g/mol.